The number of halogens is 3. The molecule has 0 aliphatic rings. The molecule has 8 heteroatoms. The van der Waals surface area contributed by atoms with Crippen LogP contribution < -0.4 is 10.3 Å². The largest absolute Gasteiger partial charge is 0.488 e. The molecule has 0 saturated carbocycles. The maximum Gasteiger partial charge on any atom is 0.282 e. The smallest absolute Gasteiger partial charge is 0.282 e. The van der Waals surface area contributed by atoms with E-state index in [4.69, 9.17) is 4.74 Å². The molecule has 0 radical (unpaired) electrons. The molecule has 5 nitrogen and oxygen atoms in total. The Bertz CT molecular complexity index is 1370. The fourth-order valence-corrected chi connectivity index (χ4v) is 3.78. The molecule has 0 amide bonds. The first-order valence-electron chi connectivity index (χ1n) is 9.31. The van der Waals surface area contributed by atoms with Crippen molar-refractivity contribution in [3.8, 4) is 5.75 Å². The molecule has 0 fully saturated rings. The number of fused-ring (bicyclic) bond motifs is 1. The molecule has 1 aromatic heterocycles. The van der Waals surface area contributed by atoms with Crippen molar-refractivity contribution in [3.63, 3.8) is 0 Å². The number of rotatable bonds is 5. The topological polar surface area (TPSA) is 56.5 Å². The van der Waals surface area contributed by atoms with Gasteiger partial charge >= 0.3 is 0 Å². The lowest BCUT2D eigenvalue weighted by molar-refractivity contribution is 0.299. The van der Waals surface area contributed by atoms with E-state index < -0.39 is 0 Å². The van der Waals surface area contributed by atoms with Crippen LogP contribution in [-0.2, 0) is 6.61 Å². The molecule has 4 aromatic rings. The van der Waals surface area contributed by atoms with Gasteiger partial charge in [-0.25, -0.2) is 9.37 Å². The van der Waals surface area contributed by atoms with Gasteiger partial charge < -0.3 is 4.74 Å². The zero-order valence-corrected chi connectivity index (χ0v) is 19.5. The molecule has 0 aliphatic carbocycles. The number of hydrogen-bond donors (Lipinski definition) is 0. The minimum atomic E-state index is -0.328. The predicted molar refractivity (Wildman–Crippen MR) is 126 cm³/mol. The van der Waals surface area contributed by atoms with Crippen molar-refractivity contribution >= 4 is 49.0 Å². The second-order valence-corrected chi connectivity index (χ2v) is 8.58. The van der Waals surface area contributed by atoms with Crippen molar-refractivity contribution in [2.45, 2.75) is 13.5 Å². The van der Waals surface area contributed by atoms with Crippen LogP contribution in [-0.4, -0.2) is 15.9 Å². The molecular weight excluding hydrogens is 529 g/mol. The van der Waals surface area contributed by atoms with Crippen LogP contribution in [0.2, 0.25) is 0 Å². The number of aromatic nitrogens is 2. The summed E-state index contributed by atoms with van der Waals surface area (Å²) in [6.07, 6.45) is 1.53. The Hall–Kier alpha value is -2.84. The Morgan fingerprint density at radius 2 is 1.84 bits per heavy atom. The third kappa shape index (κ3) is 4.75. The molecule has 4 rings (SSSR count). The molecule has 156 valence electrons. The number of hydrogen-bond acceptors (Lipinski definition) is 4. The summed E-state index contributed by atoms with van der Waals surface area (Å²) in [5.41, 5.74) is 1.41. The van der Waals surface area contributed by atoms with Crippen molar-refractivity contribution < 1.29 is 9.13 Å². The van der Waals surface area contributed by atoms with Gasteiger partial charge in [0.15, 0.2) is 0 Å². The SMILES string of the molecule is Cc1nc2ccc(Br)cc2c(=O)n1N=Cc1cc(Br)ccc1OCc1ccccc1F. The van der Waals surface area contributed by atoms with Crippen LogP contribution in [0.4, 0.5) is 4.39 Å². The maximum atomic E-state index is 13.9. The molecule has 0 N–H and O–H groups in total. The number of benzene rings is 3. The molecule has 0 bridgehead atoms. The Kier molecular flexibility index (Phi) is 6.29. The van der Waals surface area contributed by atoms with E-state index >= 15 is 0 Å². The van der Waals surface area contributed by atoms with E-state index in [0.717, 1.165) is 8.95 Å². The molecular formula is C23H16Br2FN3O2. The highest BCUT2D eigenvalue weighted by Crippen LogP contribution is 2.23. The fraction of sp³-hybridized carbons (Fsp3) is 0.0870. The van der Waals surface area contributed by atoms with Gasteiger partial charge in [-0.2, -0.15) is 9.78 Å². The molecule has 0 atom stereocenters. The summed E-state index contributed by atoms with van der Waals surface area (Å²) in [4.78, 5) is 17.4. The highest BCUT2D eigenvalue weighted by Gasteiger charge is 2.09. The van der Waals surface area contributed by atoms with Gasteiger partial charge in [0.05, 0.1) is 17.1 Å². The van der Waals surface area contributed by atoms with Crippen LogP contribution in [0.15, 0.2) is 79.5 Å². The lowest BCUT2D eigenvalue weighted by Crippen LogP contribution is -2.20. The summed E-state index contributed by atoms with van der Waals surface area (Å²) in [7, 11) is 0. The van der Waals surface area contributed by atoms with E-state index in [2.05, 4.69) is 41.9 Å². The van der Waals surface area contributed by atoms with Gasteiger partial charge in [-0.3, -0.25) is 4.79 Å². The van der Waals surface area contributed by atoms with Gasteiger partial charge in [0, 0.05) is 20.1 Å². The fourth-order valence-electron chi connectivity index (χ4n) is 3.04. The lowest BCUT2D eigenvalue weighted by Gasteiger charge is -2.11. The Balaban J connectivity index is 1.69. The molecule has 0 aliphatic heterocycles. The van der Waals surface area contributed by atoms with Crippen LogP contribution in [0, 0.1) is 12.7 Å². The quantitative estimate of drug-likeness (QED) is 0.297. The summed E-state index contributed by atoms with van der Waals surface area (Å²) >= 11 is 6.82. The first-order valence-corrected chi connectivity index (χ1v) is 10.9. The van der Waals surface area contributed by atoms with Crippen molar-refractivity contribution in [2.24, 2.45) is 5.10 Å². The van der Waals surface area contributed by atoms with E-state index in [9.17, 15) is 9.18 Å². The number of aryl methyl sites for hydroxylation is 1. The molecule has 0 unspecified atom stereocenters. The monoisotopic (exact) mass is 543 g/mol. The van der Waals surface area contributed by atoms with Gasteiger partial charge in [0.1, 0.15) is 24.0 Å². The molecule has 1 heterocycles. The first kappa shape index (κ1) is 21.4. The minimum absolute atomic E-state index is 0.0691. The van der Waals surface area contributed by atoms with Gasteiger partial charge in [-0.15, -0.1) is 0 Å². The van der Waals surface area contributed by atoms with Crippen LogP contribution in [0.25, 0.3) is 10.9 Å². The highest BCUT2D eigenvalue weighted by atomic mass is 79.9. The van der Waals surface area contributed by atoms with Crippen LogP contribution >= 0.6 is 31.9 Å². The minimum Gasteiger partial charge on any atom is -0.488 e. The van der Waals surface area contributed by atoms with Gasteiger partial charge in [0.2, 0.25) is 0 Å². The van der Waals surface area contributed by atoms with Crippen molar-refractivity contribution in [1.29, 1.82) is 0 Å². The third-order valence-corrected chi connectivity index (χ3v) is 5.58. The lowest BCUT2D eigenvalue weighted by atomic mass is 10.2. The number of ether oxygens (including phenoxy) is 1. The second kappa shape index (κ2) is 9.11. The summed E-state index contributed by atoms with van der Waals surface area (Å²) in [6, 6.07) is 17.2. The molecule has 0 spiro atoms. The molecule has 0 saturated heterocycles. The van der Waals surface area contributed by atoms with Crippen molar-refractivity contribution in [1.82, 2.24) is 9.66 Å². The molecule has 31 heavy (non-hydrogen) atoms. The van der Waals surface area contributed by atoms with Gasteiger partial charge in [-0.1, -0.05) is 50.1 Å². The first-order chi connectivity index (χ1) is 14.9. The van der Waals surface area contributed by atoms with Gasteiger partial charge in [0.25, 0.3) is 5.56 Å². The van der Waals surface area contributed by atoms with Crippen LogP contribution in [0.3, 0.4) is 0 Å². The van der Waals surface area contributed by atoms with E-state index in [1.165, 1.54) is 17.0 Å². The summed E-state index contributed by atoms with van der Waals surface area (Å²) in [6.45, 7) is 1.79. The average molecular weight is 545 g/mol. The predicted octanol–water partition coefficient (Wildman–Crippen LogP) is 5.83. The second-order valence-electron chi connectivity index (χ2n) is 6.74. The van der Waals surface area contributed by atoms with Crippen molar-refractivity contribution in [2.75, 3.05) is 0 Å². The number of nitrogens with zero attached hydrogens (tertiary/aromatic N) is 3. The normalized spacial score (nSPS) is 11.4. The average Bonchev–Trinajstić information content (AvgIpc) is 2.74. The summed E-state index contributed by atoms with van der Waals surface area (Å²) in [5, 5.41) is 4.82. The van der Waals surface area contributed by atoms with E-state index in [-0.39, 0.29) is 18.0 Å². The Morgan fingerprint density at radius 3 is 2.65 bits per heavy atom. The van der Waals surface area contributed by atoms with Gasteiger partial charge in [-0.05, 0) is 49.4 Å². The summed E-state index contributed by atoms with van der Waals surface area (Å²) in [5.74, 6) is 0.641. The Morgan fingerprint density at radius 1 is 1.10 bits per heavy atom. The van der Waals surface area contributed by atoms with Crippen LogP contribution in [0.5, 0.6) is 5.75 Å². The standard InChI is InChI=1S/C23H16Br2FN3O2/c1-14-28-21-8-6-18(25)11-19(21)23(30)29(14)27-12-16-10-17(24)7-9-22(16)31-13-15-4-2-3-5-20(15)26/h2-12H,13H2,1H3. The van der Waals surface area contributed by atoms with E-state index in [0.29, 0.717) is 33.6 Å². The third-order valence-electron chi connectivity index (χ3n) is 4.60. The van der Waals surface area contributed by atoms with Crippen LogP contribution in [0.1, 0.15) is 17.0 Å². The Labute approximate surface area is 194 Å². The maximum absolute atomic E-state index is 13.9. The molecule has 3 aromatic carbocycles. The van der Waals surface area contributed by atoms with E-state index in [1.807, 2.05) is 18.2 Å². The zero-order chi connectivity index (χ0) is 22.0. The van der Waals surface area contributed by atoms with E-state index in [1.54, 1.807) is 43.3 Å². The van der Waals surface area contributed by atoms with Crippen molar-refractivity contribution in [3.05, 3.63) is 103 Å². The highest BCUT2D eigenvalue weighted by molar-refractivity contribution is 9.10. The summed E-state index contributed by atoms with van der Waals surface area (Å²) < 4.78 is 22.6. The zero-order valence-electron chi connectivity index (χ0n) is 16.3.